The van der Waals surface area contributed by atoms with E-state index in [9.17, 15) is 9.18 Å². The highest BCUT2D eigenvalue weighted by Gasteiger charge is 2.25. The molecule has 0 spiro atoms. The van der Waals surface area contributed by atoms with Gasteiger partial charge in [0.05, 0.1) is 5.69 Å². The van der Waals surface area contributed by atoms with E-state index >= 15 is 0 Å². The maximum atomic E-state index is 13.6. The predicted octanol–water partition coefficient (Wildman–Crippen LogP) is 3.08. The number of benzene rings is 1. The Kier molecular flexibility index (Phi) is 7.64. The van der Waals surface area contributed by atoms with Crippen molar-refractivity contribution in [2.24, 2.45) is 0 Å². The van der Waals surface area contributed by atoms with E-state index in [2.05, 4.69) is 34.2 Å². The topological polar surface area (TPSA) is 87.0 Å². The first kappa shape index (κ1) is 22.8. The number of piperidine rings is 1. The fraction of sp³-hybridized carbons (Fsp3) is 0.455. The highest BCUT2D eigenvalue weighted by atomic mass is 19.1. The van der Waals surface area contributed by atoms with Crippen molar-refractivity contribution in [2.45, 2.75) is 18.9 Å². The van der Waals surface area contributed by atoms with Crippen LogP contribution in [0, 0.1) is 5.82 Å². The van der Waals surface area contributed by atoms with Crippen LogP contribution < -0.4 is 15.8 Å². The molecule has 0 bridgehead atoms. The summed E-state index contributed by atoms with van der Waals surface area (Å²) in [5, 5.41) is 2.82. The minimum atomic E-state index is -0.547. The van der Waals surface area contributed by atoms with E-state index in [1.165, 1.54) is 18.3 Å². The summed E-state index contributed by atoms with van der Waals surface area (Å²) in [7, 11) is 5.97. The summed E-state index contributed by atoms with van der Waals surface area (Å²) in [5.74, 6) is 0.572. The Morgan fingerprint density at radius 3 is 2.61 bits per heavy atom. The zero-order valence-electron chi connectivity index (χ0n) is 18.3. The summed E-state index contributed by atoms with van der Waals surface area (Å²) < 4.78 is 19.3. The number of nitrogen functional groups attached to an aromatic ring is 1. The summed E-state index contributed by atoms with van der Waals surface area (Å²) in [6.45, 7) is 4.05. The van der Waals surface area contributed by atoms with E-state index in [0.29, 0.717) is 17.3 Å². The largest absolute Gasteiger partial charge is 0.457 e. The molecule has 0 saturated carbocycles. The third kappa shape index (κ3) is 6.53. The molecule has 0 atom stereocenters. The molecule has 3 rings (SSSR count). The second-order valence-corrected chi connectivity index (χ2v) is 8.08. The Bertz CT molecular complexity index is 886. The molecule has 1 aromatic carbocycles. The van der Waals surface area contributed by atoms with Crippen molar-refractivity contribution in [3.8, 4) is 11.5 Å². The molecule has 168 valence electrons. The number of carbonyl (C=O) groups is 1. The van der Waals surface area contributed by atoms with E-state index < -0.39 is 5.82 Å². The number of likely N-dealkylation sites (tertiary alicyclic amines) is 1. The quantitative estimate of drug-likeness (QED) is 0.657. The van der Waals surface area contributed by atoms with E-state index in [1.807, 2.05) is 7.05 Å². The number of hydrogen-bond donors (Lipinski definition) is 2. The Morgan fingerprint density at radius 2 is 1.94 bits per heavy atom. The van der Waals surface area contributed by atoms with Crippen LogP contribution in [0.4, 0.5) is 20.7 Å². The lowest BCUT2D eigenvalue weighted by Gasteiger charge is -2.37. The molecule has 3 N–H and O–H groups in total. The number of rotatable bonds is 7. The zero-order valence-corrected chi connectivity index (χ0v) is 18.3. The van der Waals surface area contributed by atoms with Crippen LogP contribution in [0.5, 0.6) is 11.5 Å². The Balaban J connectivity index is 1.53. The van der Waals surface area contributed by atoms with Crippen LogP contribution in [0.15, 0.2) is 36.5 Å². The molecule has 1 aromatic heterocycles. The average molecular weight is 431 g/mol. The number of carbonyl (C=O) groups excluding carboxylic acids is 1. The van der Waals surface area contributed by atoms with Gasteiger partial charge in [0.2, 0.25) is 0 Å². The molecule has 31 heavy (non-hydrogen) atoms. The van der Waals surface area contributed by atoms with Gasteiger partial charge < -0.3 is 25.2 Å². The van der Waals surface area contributed by atoms with E-state index in [1.54, 1.807) is 23.1 Å². The monoisotopic (exact) mass is 430 g/mol. The van der Waals surface area contributed by atoms with Crippen molar-refractivity contribution >= 4 is 17.5 Å². The van der Waals surface area contributed by atoms with Crippen LogP contribution in [0.3, 0.4) is 0 Å². The summed E-state index contributed by atoms with van der Waals surface area (Å²) in [6.07, 6.45) is 3.41. The lowest BCUT2D eigenvalue weighted by molar-refractivity contribution is 0.135. The number of nitrogens with two attached hydrogens (primary N) is 1. The Labute approximate surface area is 182 Å². The molecule has 9 heteroatoms. The van der Waals surface area contributed by atoms with Gasteiger partial charge in [0.15, 0.2) is 0 Å². The number of halogens is 1. The van der Waals surface area contributed by atoms with Crippen LogP contribution >= 0.6 is 0 Å². The molecule has 1 saturated heterocycles. The predicted molar refractivity (Wildman–Crippen MR) is 120 cm³/mol. The molecule has 0 radical (unpaired) electrons. The van der Waals surface area contributed by atoms with Crippen molar-refractivity contribution in [1.29, 1.82) is 0 Å². The number of hydrogen-bond acceptors (Lipinski definition) is 6. The third-order valence-corrected chi connectivity index (χ3v) is 5.46. The molecular weight excluding hydrogens is 399 g/mol. The van der Waals surface area contributed by atoms with Crippen LogP contribution in [-0.4, -0.2) is 79.1 Å². The molecule has 0 unspecified atom stereocenters. The smallest absolute Gasteiger partial charge is 0.323 e. The van der Waals surface area contributed by atoms with Gasteiger partial charge in [0.25, 0.3) is 0 Å². The third-order valence-electron chi connectivity index (χ3n) is 5.46. The van der Waals surface area contributed by atoms with Gasteiger partial charge in [-0.3, -0.25) is 5.32 Å². The number of urea groups is 1. The molecule has 2 aromatic rings. The molecule has 8 nitrogen and oxygen atoms in total. The van der Waals surface area contributed by atoms with Gasteiger partial charge in [-0.15, -0.1) is 0 Å². The Hall–Kier alpha value is -2.91. The van der Waals surface area contributed by atoms with Crippen LogP contribution in [0.25, 0.3) is 0 Å². The number of pyridine rings is 1. The normalized spacial score (nSPS) is 15.1. The van der Waals surface area contributed by atoms with E-state index in [4.69, 9.17) is 10.5 Å². The van der Waals surface area contributed by atoms with Crippen molar-refractivity contribution < 1.29 is 13.9 Å². The number of nitrogens with one attached hydrogen (secondary N) is 1. The van der Waals surface area contributed by atoms with Crippen molar-refractivity contribution in [1.82, 2.24) is 19.7 Å². The standard InChI is InChI=1S/C22H31FN6O2/c1-27(2)12-13-29-10-7-16(8-11-29)28(3)22(30)26-21-15-18(6-9-25-21)31-17-4-5-20(24)19(23)14-17/h4-6,9,14-16H,7-8,10-13,24H2,1-3H3,(H,25,26,30). The van der Waals surface area contributed by atoms with Gasteiger partial charge in [-0.25, -0.2) is 14.2 Å². The first-order valence-corrected chi connectivity index (χ1v) is 10.4. The average Bonchev–Trinajstić information content (AvgIpc) is 2.75. The first-order chi connectivity index (χ1) is 14.8. The van der Waals surface area contributed by atoms with Gasteiger partial charge in [-0.05, 0) is 45.1 Å². The minimum Gasteiger partial charge on any atom is -0.457 e. The second kappa shape index (κ2) is 10.4. The van der Waals surface area contributed by atoms with Crippen molar-refractivity contribution in [2.75, 3.05) is 58.4 Å². The summed E-state index contributed by atoms with van der Waals surface area (Å²) >= 11 is 0. The van der Waals surface area contributed by atoms with Crippen LogP contribution in [-0.2, 0) is 0 Å². The lowest BCUT2D eigenvalue weighted by Crippen LogP contribution is -2.48. The fourth-order valence-corrected chi connectivity index (χ4v) is 3.49. The second-order valence-electron chi connectivity index (χ2n) is 8.08. The number of likely N-dealkylation sites (N-methyl/N-ethyl adjacent to an activating group) is 1. The van der Waals surface area contributed by atoms with Gasteiger partial charge in [-0.2, -0.15) is 0 Å². The SMILES string of the molecule is CN(C)CCN1CCC(N(C)C(=O)Nc2cc(Oc3ccc(N)c(F)c3)ccn2)CC1. The fourth-order valence-electron chi connectivity index (χ4n) is 3.49. The van der Waals surface area contributed by atoms with Gasteiger partial charge in [0, 0.05) is 57.6 Å². The summed E-state index contributed by atoms with van der Waals surface area (Å²) in [4.78, 5) is 23.3. The summed E-state index contributed by atoms with van der Waals surface area (Å²) in [5.41, 5.74) is 5.55. The van der Waals surface area contributed by atoms with Gasteiger partial charge in [0.1, 0.15) is 23.1 Å². The molecule has 1 aliphatic heterocycles. The van der Waals surface area contributed by atoms with Crippen LogP contribution in [0.2, 0.25) is 0 Å². The van der Waals surface area contributed by atoms with E-state index in [0.717, 1.165) is 39.0 Å². The number of nitrogens with zero attached hydrogens (tertiary/aromatic N) is 4. The molecular formula is C22H31FN6O2. The summed E-state index contributed by atoms with van der Waals surface area (Å²) in [6, 6.07) is 7.45. The number of ether oxygens (including phenoxy) is 1. The van der Waals surface area contributed by atoms with Crippen LogP contribution in [0.1, 0.15) is 12.8 Å². The number of amides is 2. The molecule has 1 fully saturated rings. The minimum absolute atomic E-state index is 0.0570. The van der Waals surface area contributed by atoms with Gasteiger partial charge in [-0.1, -0.05) is 0 Å². The highest BCUT2D eigenvalue weighted by molar-refractivity contribution is 5.88. The van der Waals surface area contributed by atoms with Crippen molar-refractivity contribution in [3.63, 3.8) is 0 Å². The van der Waals surface area contributed by atoms with Crippen molar-refractivity contribution in [3.05, 3.63) is 42.3 Å². The molecule has 1 aliphatic rings. The Morgan fingerprint density at radius 1 is 1.23 bits per heavy atom. The van der Waals surface area contributed by atoms with E-state index in [-0.39, 0.29) is 17.8 Å². The maximum Gasteiger partial charge on any atom is 0.323 e. The lowest BCUT2D eigenvalue weighted by atomic mass is 10.0. The molecule has 2 amide bonds. The zero-order chi connectivity index (χ0) is 22.4. The number of aromatic nitrogens is 1. The van der Waals surface area contributed by atoms with Gasteiger partial charge >= 0.3 is 6.03 Å². The highest BCUT2D eigenvalue weighted by Crippen LogP contribution is 2.25. The number of anilines is 2. The first-order valence-electron chi connectivity index (χ1n) is 10.4. The maximum absolute atomic E-state index is 13.6. The molecule has 2 heterocycles. The molecule has 0 aliphatic carbocycles.